The van der Waals surface area contributed by atoms with E-state index in [-0.39, 0.29) is 5.91 Å². The van der Waals surface area contributed by atoms with Crippen LogP contribution in [0.3, 0.4) is 0 Å². The molecule has 0 bridgehead atoms. The van der Waals surface area contributed by atoms with Gasteiger partial charge in [-0.15, -0.1) is 0 Å². The van der Waals surface area contributed by atoms with E-state index in [0.29, 0.717) is 37.9 Å². The molecular formula is C17H19N5O2. The van der Waals surface area contributed by atoms with Gasteiger partial charge in [-0.05, 0) is 11.6 Å². The summed E-state index contributed by atoms with van der Waals surface area (Å²) in [5.41, 5.74) is 1.64. The number of aromatic nitrogens is 3. The second-order valence-electron chi connectivity index (χ2n) is 6.06. The third kappa shape index (κ3) is 2.94. The predicted molar refractivity (Wildman–Crippen MR) is 87.9 cm³/mol. The molecule has 124 valence electrons. The summed E-state index contributed by atoms with van der Waals surface area (Å²) in [4.78, 5) is 29.3. The summed E-state index contributed by atoms with van der Waals surface area (Å²) in [6, 6.07) is 4.05. The Morgan fingerprint density at radius 3 is 2.71 bits per heavy atom. The molecule has 4 heterocycles. The van der Waals surface area contributed by atoms with Gasteiger partial charge in [0.05, 0.1) is 25.6 Å². The average molecular weight is 325 g/mol. The summed E-state index contributed by atoms with van der Waals surface area (Å²) in [5.74, 6) is 1.14. The van der Waals surface area contributed by atoms with Crippen LogP contribution in [0, 0.1) is 0 Å². The van der Waals surface area contributed by atoms with Crippen molar-refractivity contribution in [3.8, 4) is 0 Å². The van der Waals surface area contributed by atoms with Crippen molar-refractivity contribution in [3.63, 3.8) is 0 Å². The van der Waals surface area contributed by atoms with Crippen LogP contribution >= 0.6 is 0 Å². The van der Waals surface area contributed by atoms with Gasteiger partial charge in [-0.25, -0.2) is 4.98 Å². The van der Waals surface area contributed by atoms with E-state index < -0.39 is 0 Å². The highest BCUT2D eigenvalue weighted by atomic mass is 16.5. The molecule has 24 heavy (non-hydrogen) atoms. The summed E-state index contributed by atoms with van der Waals surface area (Å²) in [5, 5.41) is 0. The lowest BCUT2D eigenvalue weighted by Crippen LogP contribution is -2.46. The topological polar surface area (TPSA) is 71.5 Å². The molecule has 0 aromatic carbocycles. The number of ether oxygens (including phenoxy) is 1. The fourth-order valence-electron chi connectivity index (χ4n) is 3.03. The first-order chi connectivity index (χ1) is 11.8. The zero-order chi connectivity index (χ0) is 16.4. The molecule has 2 fully saturated rings. The van der Waals surface area contributed by atoms with Crippen LogP contribution in [-0.4, -0.2) is 65.2 Å². The minimum atomic E-state index is -0.0722. The van der Waals surface area contributed by atoms with Gasteiger partial charge in [0.15, 0.2) is 0 Å². The molecule has 2 aliphatic rings. The molecule has 4 rings (SSSR count). The Balaban J connectivity index is 1.43. The van der Waals surface area contributed by atoms with Crippen molar-refractivity contribution < 1.29 is 9.53 Å². The SMILES string of the molecule is O=C(c1cncc(N2CC(c3cccnc3)C2)n1)N1CCOCC1. The van der Waals surface area contributed by atoms with E-state index >= 15 is 0 Å². The van der Waals surface area contributed by atoms with Gasteiger partial charge in [0.25, 0.3) is 5.91 Å². The lowest BCUT2D eigenvalue weighted by atomic mass is 9.93. The second-order valence-corrected chi connectivity index (χ2v) is 6.06. The Morgan fingerprint density at radius 1 is 1.12 bits per heavy atom. The van der Waals surface area contributed by atoms with Crippen molar-refractivity contribution in [1.82, 2.24) is 19.9 Å². The summed E-state index contributed by atoms with van der Waals surface area (Å²) in [6.45, 7) is 4.12. The number of hydrogen-bond donors (Lipinski definition) is 0. The predicted octanol–water partition coefficient (Wildman–Crippen LogP) is 0.948. The number of hydrogen-bond acceptors (Lipinski definition) is 6. The molecule has 2 aromatic rings. The zero-order valence-corrected chi connectivity index (χ0v) is 13.3. The van der Waals surface area contributed by atoms with E-state index in [9.17, 15) is 4.79 Å². The van der Waals surface area contributed by atoms with Gasteiger partial charge in [-0.3, -0.25) is 14.8 Å². The molecule has 2 saturated heterocycles. The molecule has 7 nitrogen and oxygen atoms in total. The first-order valence-corrected chi connectivity index (χ1v) is 8.15. The van der Waals surface area contributed by atoms with E-state index in [1.165, 1.54) is 5.56 Å². The first kappa shape index (κ1) is 15.0. The highest BCUT2D eigenvalue weighted by Gasteiger charge is 2.30. The highest BCUT2D eigenvalue weighted by Crippen LogP contribution is 2.29. The van der Waals surface area contributed by atoms with Gasteiger partial charge >= 0.3 is 0 Å². The van der Waals surface area contributed by atoms with Crippen LogP contribution in [0.5, 0.6) is 0 Å². The Morgan fingerprint density at radius 2 is 1.96 bits per heavy atom. The van der Waals surface area contributed by atoms with Crippen LogP contribution in [0.4, 0.5) is 5.82 Å². The number of carbonyl (C=O) groups is 1. The van der Waals surface area contributed by atoms with Crippen LogP contribution in [0.25, 0.3) is 0 Å². The number of anilines is 1. The van der Waals surface area contributed by atoms with Gasteiger partial charge in [0.2, 0.25) is 0 Å². The normalized spacial score (nSPS) is 18.3. The molecule has 7 heteroatoms. The minimum Gasteiger partial charge on any atom is -0.378 e. The number of rotatable bonds is 3. The summed E-state index contributed by atoms with van der Waals surface area (Å²) in [6.07, 6.45) is 6.95. The first-order valence-electron chi connectivity index (χ1n) is 8.15. The van der Waals surface area contributed by atoms with E-state index in [1.54, 1.807) is 23.5 Å². The Bertz CT molecular complexity index is 712. The Kier molecular flexibility index (Phi) is 4.08. The molecule has 0 saturated carbocycles. The monoisotopic (exact) mass is 325 g/mol. The molecule has 0 radical (unpaired) electrons. The molecule has 0 aliphatic carbocycles. The number of nitrogens with zero attached hydrogens (tertiary/aromatic N) is 5. The smallest absolute Gasteiger partial charge is 0.274 e. The van der Waals surface area contributed by atoms with Crippen molar-refractivity contribution in [3.05, 3.63) is 48.2 Å². The summed E-state index contributed by atoms with van der Waals surface area (Å²) >= 11 is 0. The fourth-order valence-corrected chi connectivity index (χ4v) is 3.03. The van der Waals surface area contributed by atoms with Crippen molar-refractivity contribution >= 4 is 11.7 Å². The largest absolute Gasteiger partial charge is 0.378 e. The van der Waals surface area contributed by atoms with Gasteiger partial charge in [0, 0.05) is 44.5 Å². The summed E-state index contributed by atoms with van der Waals surface area (Å²) in [7, 11) is 0. The summed E-state index contributed by atoms with van der Waals surface area (Å²) < 4.78 is 5.28. The van der Waals surface area contributed by atoms with Crippen molar-refractivity contribution in [2.75, 3.05) is 44.3 Å². The molecular weight excluding hydrogens is 306 g/mol. The van der Waals surface area contributed by atoms with Crippen LogP contribution in [0.15, 0.2) is 36.9 Å². The maximum absolute atomic E-state index is 12.5. The van der Waals surface area contributed by atoms with E-state index in [2.05, 4.69) is 25.9 Å². The third-order valence-electron chi connectivity index (χ3n) is 4.50. The van der Waals surface area contributed by atoms with Crippen molar-refractivity contribution in [2.24, 2.45) is 0 Å². The third-order valence-corrected chi connectivity index (χ3v) is 4.50. The molecule has 2 aliphatic heterocycles. The Labute approximate surface area is 140 Å². The van der Waals surface area contributed by atoms with Gasteiger partial charge in [0.1, 0.15) is 11.5 Å². The number of carbonyl (C=O) groups excluding carboxylic acids is 1. The van der Waals surface area contributed by atoms with Gasteiger partial charge in [-0.2, -0.15) is 0 Å². The number of amides is 1. The lowest BCUT2D eigenvalue weighted by Gasteiger charge is -2.40. The zero-order valence-electron chi connectivity index (χ0n) is 13.3. The average Bonchev–Trinajstić information content (AvgIpc) is 2.62. The van der Waals surface area contributed by atoms with Crippen molar-refractivity contribution in [1.29, 1.82) is 0 Å². The van der Waals surface area contributed by atoms with Crippen LogP contribution in [0.2, 0.25) is 0 Å². The van der Waals surface area contributed by atoms with E-state index in [4.69, 9.17) is 4.74 Å². The second kappa shape index (κ2) is 6.52. The molecule has 1 amide bonds. The molecule has 0 unspecified atom stereocenters. The van der Waals surface area contributed by atoms with Gasteiger partial charge in [-0.1, -0.05) is 6.07 Å². The van der Waals surface area contributed by atoms with E-state index in [0.717, 1.165) is 18.9 Å². The minimum absolute atomic E-state index is 0.0722. The number of pyridine rings is 1. The highest BCUT2D eigenvalue weighted by molar-refractivity contribution is 5.92. The van der Waals surface area contributed by atoms with Crippen molar-refractivity contribution in [2.45, 2.75) is 5.92 Å². The Hall–Kier alpha value is -2.54. The standard InChI is InChI=1S/C17H19N5O2/c23-17(21-4-6-24-7-5-21)15-9-19-10-16(20-15)22-11-14(12-22)13-2-1-3-18-8-13/h1-3,8-10,14H,4-7,11-12H2. The van der Waals surface area contributed by atoms with E-state index in [1.807, 2.05) is 12.3 Å². The maximum Gasteiger partial charge on any atom is 0.274 e. The maximum atomic E-state index is 12.5. The molecule has 0 atom stereocenters. The van der Waals surface area contributed by atoms with Gasteiger partial charge < -0.3 is 14.5 Å². The quantitative estimate of drug-likeness (QED) is 0.837. The van der Waals surface area contributed by atoms with Crippen LogP contribution in [-0.2, 0) is 4.74 Å². The van der Waals surface area contributed by atoms with Crippen LogP contribution < -0.4 is 4.90 Å². The lowest BCUT2D eigenvalue weighted by molar-refractivity contribution is 0.0298. The number of morpholine rings is 1. The fraction of sp³-hybridized carbons (Fsp3) is 0.412. The molecule has 0 spiro atoms. The molecule has 2 aromatic heterocycles. The van der Waals surface area contributed by atoms with Crippen LogP contribution in [0.1, 0.15) is 22.0 Å². The molecule has 0 N–H and O–H groups in total.